The summed E-state index contributed by atoms with van der Waals surface area (Å²) in [5, 5.41) is 9.67. The average Bonchev–Trinajstić information content (AvgIpc) is 3.49. The topological polar surface area (TPSA) is 78.3 Å². The molecule has 0 fully saturated rings. The molecule has 31 heavy (non-hydrogen) atoms. The molecule has 0 atom stereocenters. The van der Waals surface area contributed by atoms with E-state index in [0.29, 0.717) is 34.4 Å². The zero-order valence-electron chi connectivity index (χ0n) is 16.7. The fourth-order valence-electron chi connectivity index (χ4n) is 3.77. The van der Waals surface area contributed by atoms with E-state index in [0.717, 1.165) is 22.4 Å². The van der Waals surface area contributed by atoms with Crippen molar-refractivity contribution in [3.63, 3.8) is 0 Å². The molecule has 1 N–H and O–H groups in total. The van der Waals surface area contributed by atoms with E-state index < -0.39 is 0 Å². The molecule has 0 radical (unpaired) electrons. The standard InChI is InChI=1S/C22H17FN4O3S/c1-29-17-10-12-9-16-19(21(28)25-22-24-7-8-31-22)26-27(14-5-3-13(23)4-6-14)20(16)15(12)11-18(17)30-2/h3-8,10-11H,9H2,1-2H3,(H,24,25,28). The number of carbonyl (C=O) groups is 1. The first-order valence-electron chi connectivity index (χ1n) is 9.43. The lowest BCUT2D eigenvalue weighted by Crippen LogP contribution is -2.14. The summed E-state index contributed by atoms with van der Waals surface area (Å²) in [7, 11) is 3.16. The van der Waals surface area contributed by atoms with E-state index in [9.17, 15) is 9.18 Å². The van der Waals surface area contributed by atoms with Crippen LogP contribution in [0.4, 0.5) is 9.52 Å². The molecule has 1 aliphatic carbocycles. The molecule has 0 saturated heterocycles. The Balaban J connectivity index is 1.68. The predicted octanol–water partition coefficient (Wildman–Crippen LogP) is 4.31. The van der Waals surface area contributed by atoms with Crippen LogP contribution in [0.1, 0.15) is 21.6 Å². The number of nitrogens with zero attached hydrogens (tertiary/aromatic N) is 3. The fourth-order valence-corrected chi connectivity index (χ4v) is 4.29. The number of carbonyl (C=O) groups excluding carboxylic acids is 1. The Morgan fingerprint density at radius 3 is 2.58 bits per heavy atom. The van der Waals surface area contributed by atoms with Gasteiger partial charge >= 0.3 is 0 Å². The van der Waals surface area contributed by atoms with Gasteiger partial charge < -0.3 is 9.47 Å². The Hall–Kier alpha value is -3.72. The van der Waals surface area contributed by atoms with E-state index in [1.807, 2.05) is 12.1 Å². The molecule has 4 aromatic rings. The second kappa shape index (κ2) is 7.51. The van der Waals surface area contributed by atoms with Gasteiger partial charge in [-0.1, -0.05) is 0 Å². The zero-order chi connectivity index (χ0) is 21.5. The molecule has 0 aliphatic heterocycles. The number of hydrogen-bond donors (Lipinski definition) is 1. The average molecular weight is 436 g/mol. The number of ether oxygens (including phenoxy) is 2. The van der Waals surface area contributed by atoms with Crippen molar-refractivity contribution < 1.29 is 18.7 Å². The normalized spacial score (nSPS) is 11.7. The van der Waals surface area contributed by atoms with Gasteiger partial charge in [0.05, 0.1) is 25.6 Å². The van der Waals surface area contributed by atoms with Gasteiger partial charge in [-0.3, -0.25) is 10.1 Å². The lowest BCUT2D eigenvalue weighted by molar-refractivity contribution is 0.102. The zero-order valence-corrected chi connectivity index (χ0v) is 17.5. The number of halogens is 1. The highest BCUT2D eigenvalue weighted by atomic mass is 32.1. The second-order valence-electron chi connectivity index (χ2n) is 6.90. The van der Waals surface area contributed by atoms with Gasteiger partial charge in [-0.05, 0) is 42.0 Å². The van der Waals surface area contributed by atoms with Crippen LogP contribution in [0.2, 0.25) is 0 Å². The van der Waals surface area contributed by atoms with E-state index in [2.05, 4.69) is 15.4 Å². The molecule has 2 heterocycles. The summed E-state index contributed by atoms with van der Waals surface area (Å²) in [5.41, 5.74) is 4.37. The summed E-state index contributed by atoms with van der Waals surface area (Å²) >= 11 is 1.33. The molecular weight excluding hydrogens is 419 g/mol. The highest BCUT2D eigenvalue weighted by Crippen LogP contribution is 2.44. The number of amides is 1. The van der Waals surface area contributed by atoms with Gasteiger partial charge in [-0.25, -0.2) is 14.1 Å². The monoisotopic (exact) mass is 436 g/mol. The molecule has 0 bridgehead atoms. The Kier molecular flexibility index (Phi) is 4.67. The molecular formula is C22H17FN4O3S. The van der Waals surface area contributed by atoms with E-state index in [-0.39, 0.29) is 11.7 Å². The van der Waals surface area contributed by atoms with Gasteiger partial charge in [0.25, 0.3) is 5.91 Å². The number of anilines is 1. The lowest BCUT2D eigenvalue weighted by atomic mass is 10.1. The minimum Gasteiger partial charge on any atom is -0.493 e. The Bertz CT molecular complexity index is 1280. The quantitative estimate of drug-likeness (QED) is 0.444. The summed E-state index contributed by atoms with van der Waals surface area (Å²) in [4.78, 5) is 17.2. The van der Waals surface area contributed by atoms with Gasteiger partial charge in [0.15, 0.2) is 22.3 Å². The number of aromatic nitrogens is 3. The summed E-state index contributed by atoms with van der Waals surface area (Å²) in [6.45, 7) is 0. The van der Waals surface area contributed by atoms with Crippen LogP contribution >= 0.6 is 11.3 Å². The fraction of sp³-hybridized carbons (Fsp3) is 0.136. The number of fused-ring (bicyclic) bond motifs is 3. The molecule has 1 amide bonds. The molecule has 0 spiro atoms. The van der Waals surface area contributed by atoms with Gasteiger partial charge in [0.2, 0.25) is 0 Å². The predicted molar refractivity (Wildman–Crippen MR) is 115 cm³/mol. The summed E-state index contributed by atoms with van der Waals surface area (Å²) in [5.74, 6) is 0.496. The highest BCUT2D eigenvalue weighted by Gasteiger charge is 2.32. The summed E-state index contributed by atoms with van der Waals surface area (Å²) in [6.07, 6.45) is 2.13. The second-order valence-corrected chi connectivity index (χ2v) is 7.79. The van der Waals surface area contributed by atoms with Crippen LogP contribution in [-0.2, 0) is 6.42 Å². The van der Waals surface area contributed by atoms with Crippen LogP contribution in [0.3, 0.4) is 0 Å². The van der Waals surface area contributed by atoms with Crippen LogP contribution in [0.15, 0.2) is 48.0 Å². The third kappa shape index (κ3) is 3.23. The van der Waals surface area contributed by atoms with Gasteiger partial charge in [0.1, 0.15) is 5.82 Å². The Morgan fingerprint density at radius 1 is 1.16 bits per heavy atom. The first kappa shape index (κ1) is 19.3. The minimum absolute atomic E-state index is 0.295. The molecule has 5 rings (SSSR count). The Morgan fingerprint density at radius 2 is 1.90 bits per heavy atom. The SMILES string of the molecule is COc1cc2c(cc1OC)-c1c(c(C(=O)Nc3nccs3)nn1-c1ccc(F)cc1)C2. The minimum atomic E-state index is -0.348. The smallest absolute Gasteiger partial charge is 0.278 e. The van der Waals surface area contributed by atoms with Crippen LogP contribution < -0.4 is 14.8 Å². The van der Waals surface area contributed by atoms with Crippen LogP contribution in [0.5, 0.6) is 11.5 Å². The summed E-state index contributed by atoms with van der Waals surface area (Å²) in [6, 6.07) is 9.77. The van der Waals surface area contributed by atoms with Crippen LogP contribution in [0.25, 0.3) is 16.9 Å². The third-order valence-corrected chi connectivity index (χ3v) is 5.84. The maximum Gasteiger partial charge on any atom is 0.278 e. The van der Waals surface area contributed by atoms with Gasteiger partial charge in [-0.15, -0.1) is 11.3 Å². The van der Waals surface area contributed by atoms with Gasteiger partial charge in [0, 0.05) is 29.1 Å². The number of nitrogens with one attached hydrogen (secondary N) is 1. The number of benzene rings is 2. The number of rotatable bonds is 5. The largest absolute Gasteiger partial charge is 0.493 e. The van der Waals surface area contributed by atoms with Crippen LogP contribution in [-0.4, -0.2) is 34.9 Å². The van der Waals surface area contributed by atoms with E-state index in [1.165, 1.54) is 23.5 Å². The van der Waals surface area contributed by atoms with Gasteiger partial charge in [-0.2, -0.15) is 5.10 Å². The van der Waals surface area contributed by atoms with Crippen molar-refractivity contribution in [1.29, 1.82) is 0 Å². The van der Waals surface area contributed by atoms with E-state index >= 15 is 0 Å². The van der Waals surface area contributed by atoms with E-state index in [4.69, 9.17) is 9.47 Å². The number of thiazole rings is 1. The molecule has 9 heteroatoms. The third-order valence-electron chi connectivity index (χ3n) is 5.15. The molecule has 0 unspecified atom stereocenters. The van der Waals surface area contributed by atoms with Crippen molar-refractivity contribution in [3.8, 4) is 28.4 Å². The number of hydrogen-bond acceptors (Lipinski definition) is 6. The summed E-state index contributed by atoms with van der Waals surface area (Å²) < 4.78 is 26.1. The number of methoxy groups -OCH3 is 2. The molecule has 156 valence electrons. The molecule has 0 saturated carbocycles. The molecule has 2 aromatic heterocycles. The van der Waals surface area contributed by atoms with Crippen molar-refractivity contribution >= 4 is 22.4 Å². The van der Waals surface area contributed by atoms with Crippen molar-refractivity contribution in [1.82, 2.24) is 14.8 Å². The van der Waals surface area contributed by atoms with Crippen molar-refractivity contribution in [3.05, 3.63) is 70.6 Å². The highest BCUT2D eigenvalue weighted by molar-refractivity contribution is 7.13. The lowest BCUT2D eigenvalue weighted by Gasteiger charge is -2.12. The maximum absolute atomic E-state index is 13.5. The first-order chi connectivity index (χ1) is 15.1. The molecule has 7 nitrogen and oxygen atoms in total. The first-order valence-corrected chi connectivity index (χ1v) is 10.3. The van der Waals surface area contributed by atoms with Crippen LogP contribution in [0, 0.1) is 5.82 Å². The maximum atomic E-state index is 13.5. The molecule has 1 aliphatic rings. The van der Waals surface area contributed by atoms with Crippen molar-refractivity contribution in [2.75, 3.05) is 19.5 Å². The molecule has 2 aromatic carbocycles. The van der Waals surface area contributed by atoms with Crippen molar-refractivity contribution in [2.24, 2.45) is 0 Å². The van der Waals surface area contributed by atoms with E-state index in [1.54, 1.807) is 42.6 Å². The Labute approximate surface area is 181 Å². The van der Waals surface area contributed by atoms with Crippen molar-refractivity contribution in [2.45, 2.75) is 6.42 Å².